The molecule has 0 amide bonds. The quantitative estimate of drug-likeness (QED) is 0.778. The van der Waals surface area contributed by atoms with E-state index in [-0.39, 0.29) is 17.6 Å². The van der Waals surface area contributed by atoms with Crippen LogP contribution in [0.1, 0.15) is 31.9 Å². The molecule has 4 heteroatoms. The van der Waals surface area contributed by atoms with Gasteiger partial charge in [-0.05, 0) is 50.2 Å². The average molecular weight is 308 g/mol. The van der Waals surface area contributed by atoms with E-state index in [4.69, 9.17) is 16.3 Å². The lowest BCUT2D eigenvalue weighted by atomic mass is 10.1. The van der Waals surface area contributed by atoms with Crippen LogP contribution in [0, 0.1) is 5.82 Å². The van der Waals surface area contributed by atoms with Gasteiger partial charge in [0.2, 0.25) is 0 Å². The van der Waals surface area contributed by atoms with Crippen molar-refractivity contribution in [2.45, 2.75) is 26.3 Å². The molecule has 0 fully saturated rings. The van der Waals surface area contributed by atoms with Crippen LogP contribution in [-0.4, -0.2) is 6.54 Å². The van der Waals surface area contributed by atoms with Gasteiger partial charge in [0.15, 0.2) is 11.6 Å². The van der Waals surface area contributed by atoms with Gasteiger partial charge in [-0.2, -0.15) is 0 Å². The first-order valence-corrected chi connectivity index (χ1v) is 7.44. The number of para-hydroxylation sites is 1. The fourth-order valence-electron chi connectivity index (χ4n) is 2.07. The normalized spacial score (nSPS) is 12.2. The fourth-order valence-corrected chi connectivity index (χ4v) is 2.19. The van der Waals surface area contributed by atoms with Crippen LogP contribution in [0.4, 0.5) is 4.39 Å². The van der Waals surface area contributed by atoms with Gasteiger partial charge in [-0.25, -0.2) is 4.39 Å². The second-order valence-corrected chi connectivity index (χ2v) is 5.33. The summed E-state index contributed by atoms with van der Waals surface area (Å²) >= 11 is 5.85. The van der Waals surface area contributed by atoms with Crippen LogP contribution in [0.2, 0.25) is 5.02 Å². The summed E-state index contributed by atoms with van der Waals surface area (Å²) in [7, 11) is 0. The van der Waals surface area contributed by atoms with Gasteiger partial charge in [-0.15, -0.1) is 0 Å². The maximum absolute atomic E-state index is 14.1. The maximum atomic E-state index is 14.1. The zero-order valence-corrected chi connectivity index (χ0v) is 13.0. The highest BCUT2D eigenvalue weighted by atomic mass is 35.5. The number of hydrogen-bond acceptors (Lipinski definition) is 2. The molecule has 1 N–H and O–H groups in total. The summed E-state index contributed by atoms with van der Waals surface area (Å²) in [6, 6.07) is 11.9. The van der Waals surface area contributed by atoms with Gasteiger partial charge in [0.1, 0.15) is 5.75 Å². The largest absolute Gasteiger partial charge is 0.454 e. The molecule has 0 aliphatic rings. The van der Waals surface area contributed by atoms with Gasteiger partial charge in [-0.1, -0.05) is 30.7 Å². The van der Waals surface area contributed by atoms with E-state index in [2.05, 4.69) is 12.2 Å². The lowest BCUT2D eigenvalue weighted by molar-refractivity contribution is 0.425. The molecule has 1 atom stereocenters. The van der Waals surface area contributed by atoms with Gasteiger partial charge in [0, 0.05) is 16.6 Å². The van der Waals surface area contributed by atoms with Gasteiger partial charge in [0.25, 0.3) is 0 Å². The van der Waals surface area contributed by atoms with Gasteiger partial charge in [0.05, 0.1) is 0 Å². The minimum Gasteiger partial charge on any atom is -0.454 e. The zero-order chi connectivity index (χ0) is 15.2. The Hall–Kier alpha value is -1.58. The Morgan fingerprint density at radius 1 is 1.19 bits per heavy atom. The predicted molar refractivity (Wildman–Crippen MR) is 84.6 cm³/mol. The molecule has 0 saturated heterocycles. The van der Waals surface area contributed by atoms with E-state index >= 15 is 0 Å². The van der Waals surface area contributed by atoms with E-state index in [9.17, 15) is 4.39 Å². The predicted octanol–water partition coefficient (Wildman–Crippen LogP) is 5.33. The number of benzene rings is 2. The lowest BCUT2D eigenvalue weighted by Crippen LogP contribution is -2.20. The Balaban J connectivity index is 2.26. The first-order valence-electron chi connectivity index (χ1n) is 7.07. The van der Waals surface area contributed by atoms with Crippen LogP contribution in [0.5, 0.6) is 11.5 Å². The van der Waals surface area contributed by atoms with Crippen LogP contribution in [-0.2, 0) is 0 Å². The van der Waals surface area contributed by atoms with E-state index in [1.807, 2.05) is 13.0 Å². The van der Waals surface area contributed by atoms with E-state index in [0.717, 1.165) is 18.5 Å². The molecule has 0 bridgehead atoms. The molecule has 0 aliphatic heterocycles. The second kappa shape index (κ2) is 7.43. The number of halogens is 2. The van der Waals surface area contributed by atoms with Crippen molar-refractivity contribution < 1.29 is 9.13 Å². The maximum Gasteiger partial charge on any atom is 0.167 e. The topological polar surface area (TPSA) is 21.3 Å². The highest BCUT2D eigenvalue weighted by molar-refractivity contribution is 6.30. The summed E-state index contributed by atoms with van der Waals surface area (Å²) in [6.45, 7) is 4.97. The first-order chi connectivity index (χ1) is 10.1. The number of nitrogens with one attached hydrogen (secondary N) is 1. The Labute approximate surface area is 129 Å². The Bertz CT molecular complexity index is 586. The monoisotopic (exact) mass is 307 g/mol. The molecule has 1 unspecified atom stereocenters. The zero-order valence-electron chi connectivity index (χ0n) is 12.2. The Kier molecular flexibility index (Phi) is 5.59. The summed E-state index contributed by atoms with van der Waals surface area (Å²) in [5.41, 5.74) is 0.804. The van der Waals surface area contributed by atoms with Crippen LogP contribution in [0.3, 0.4) is 0 Å². The highest BCUT2D eigenvalue weighted by Crippen LogP contribution is 2.32. The first kappa shape index (κ1) is 15.8. The van der Waals surface area contributed by atoms with Crippen molar-refractivity contribution >= 4 is 11.6 Å². The number of hydrogen-bond donors (Lipinski definition) is 1. The van der Waals surface area contributed by atoms with Crippen molar-refractivity contribution in [1.29, 1.82) is 0 Å². The SMILES string of the molecule is CCCNC(C)c1cccc(F)c1Oc1ccc(Cl)cc1. The summed E-state index contributed by atoms with van der Waals surface area (Å²) in [5.74, 6) is 0.456. The molecule has 0 heterocycles. The lowest BCUT2D eigenvalue weighted by Gasteiger charge is -2.18. The van der Waals surface area contributed by atoms with Gasteiger partial charge in [-0.3, -0.25) is 0 Å². The summed E-state index contributed by atoms with van der Waals surface area (Å²) in [4.78, 5) is 0. The molecular weight excluding hydrogens is 289 g/mol. The van der Waals surface area contributed by atoms with Crippen molar-refractivity contribution in [3.05, 3.63) is 58.9 Å². The average Bonchev–Trinajstić information content (AvgIpc) is 2.49. The molecule has 2 aromatic rings. The van der Waals surface area contributed by atoms with E-state index < -0.39 is 0 Å². The molecule has 2 aromatic carbocycles. The Morgan fingerprint density at radius 3 is 2.57 bits per heavy atom. The third kappa shape index (κ3) is 4.19. The van der Waals surface area contributed by atoms with Crippen molar-refractivity contribution in [1.82, 2.24) is 5.32 Å². The molecule has 2 rings (SSSR count). The smallest absolute Gasteiger partial charge is 0.167 e. The summed E-state index contributed by atoms with van der Waals surface area (Å²) in [5, 5.41) is 3.96. The summed E-state index contributed by atoms with van der Waals surface area (Å²) < 4.78 is 19.8. The molecule has 0 aliphatic carbocycles. The van der Waals surface area contributed by atoms with Crippen LogP contribution >= 0.6 is 11.6 Å². The van der Waals surface area contributed by atoms with E-state index in [1.165, 1.54) is 6.07 Å². The van der Waals surface area contributed by atoms with Gasteiger partial charge < -0.3 is 10.1 Å². The molecule has 112 valence electrons. The third-order valence-electron chi connectivity index (χ3n) is 3.20. The van der Waals surface area contributed by atoms with E-state index in [0.29, 0.717) is 10.8 Å². The number of ether oxygens (including phenoxy) is 1. The van der Waals surface area contributed by atoms with Gasteiger partial charge >= 0.3 is 0 Å². The van der Waals surface area contributed by atoms with Crippen LogP contribution in [0.15, 0.2) is 42.5 Å². The van der Waals surface area contributed by atoms with Crippen molar-refractivity contribution in [3.63, 3.8) is 0 Å². The van der Waals surface area contributed by atoms with E-state index in [1.54, 1.807) is 30.3 Å². The minimum absolute atomic E-state index is 0.0166. The summed E-state index contributed by atoms with van der Waals surface area (Å²) in [6.07, 6.45) is 1.02. The van der Waals surface area contributed by atoms with Crippen LogP contribution in [0.25, 0.3) is 0 Å². The minimum atomic E-state index is -0.368. The third-order valence-corrected chi connectivity index (χ3v) is 3.45. The molecule has 0 aromatic heterocycles. The van der Waals surface area contributed by atoms with Crippen molar-refractivity contribution in [3.8, 4) is 11.5 Å². The molecule has 0 saturated carbocycles. The molecular formula is C17H19ClFNO. The molecule has 0 radical (unpaired) electrons. The highest BCUT2D eigenvalue weighted by Gasteiger charge is 2.16. The molecule has 0 spiro atoms. The molecule has 2 nitrogen and oxygen atoms in total. The number of rotatable bonds is 6. The fraction of sp³-hybridized carbons (Fsp3) is 0.294. The molecule has 21 heavy (non-hydrogen) atoms. The second-order valence-electron chi connectivity index (χ2n) is 4.89. The van der Waals surface area contributed by atoms with Crippen molar-refractivity contribution in [2.75, 3.05) is 6.54 Å². The van der Waals surface area contributed by atoms with Crippen molar-refractivity contribution in [2.24, 2.45) is 0 Å². The van der Waals surface area contributed by atoms with Crippen LogP contribution < -0.4 is 10.1 Å². The standard InChI is InChI=1S/C17H19ClFNO/c1-3-11-20-12(2)15-5-4-6-16(19)17(15)21-14-9-7-13(18)8-10-14/h4-10,12,20H,3,11H2,1-2H3. The Morgan fingerprint density at radius 2 is 1.90 bits per heavy atom.